The molecule has 3 heteroatoms. The van der Waals surface area contributed by atoms with E-state index in [1.54, 1.807) is 0 Å². The molecule has 1 saturated heterocycles. The van der Waals surface area contributed by atoms with Gasteiger partial charge >= 0.3 is 5.97 Å². The molecule has 1 N–H and O–H groups in total. The molecule has 2 atom stereocenters. The van der Waals surface area contributed by atoms with E-state index in [2.05, 4.69) is 5.32 Å². The van der Waals surface area contributed by atoms with E-state index in [1.165, 1.54) is 0 Å². The molecule has 2 unspecified atom stereocenters. The molecule has 0 spiro atoms. The number of fused-ring (bicyclic) bond motifs is 1. The van der Waals surface area contributed by atoms with E-state index in [0.29, 0.717) is 18.4 Å². The highest BCUT2D eigenvalue weighted by Gasteiger charge is 2.54. The molecular formula is C10H17NO2. The number of ether oxygens (including phenoxy) is 1. The number of nitrogens with one attached hydrogen (secondary N) is 1. The second-order valence-electron chi connectivity index (χ2n) is 3.93. The van der Waals surface area contributed by atoms with Crippen LogP contribution >= 0.6 is 0 Å². The molecule has 1 heterocycles. The summed E-state index contributed by atoms with van der Waals surface area (Å²) < 4.78 is 5.04. The van der Waals surface area contributed by atoms with Gasteiger partial charge in [-0.1, -0.05) is 0 Å². The molecule has 1 aliphatic heterocycles. The van der Waals surface area contributed by atoms with Crippen LogP contribution in [0.1, 0.15) is 19.8 Å². The van der Waals surface area contributed by atoms with Crippen molar-refractivity contribution in [3.63, 3.8) is 0 Å². The maximum atomic E-state index is 11.4. The Morgan fingerprint density at radius 1 is 1.38 bits per heavy atom. The van der Waals surface area contributed by atoms with E-state index in [4.69, 9.17) is 4.74 Å². The molecule has 1 aliphatic carbocycles. The molecule has 2 rings (SSSR count). The van der Waals surface area contributed by atoms with Gasteiger partial charge in [0.05, 0.1) is 12.5 Å². The van der Waals surface area contributed by atoms with Crippen molar-refractivity contribution in [2.45, 2.75) is 19.8 Å². The highest BCUT2D eigenvalue weighted by molar-refractivity contribution is 5.76. The van der Waals surface area contributed by atoms with E-state index in [0.717, 1.165) is 25.9 Å². The van der Waals surface area contributed by atoms with Crippen molar-refractivity contribution in [3.8, 4) is 0 Å². The van der Waals surface area contributed by atoms with Gasteiger partial charge in [0.1, 0.15) is 0 Å². The zero-order valence-electron chi connectivity index (χ0n) is 8.08. The Morgan fingerprint density at radius 2 is 2.00 bits per heavy atom. The van der Waals surface area contributed by atoms with Crippen LogP contribution < -0.4 is 5.32 Å². The van der Waals surface area contributed by atoms with Gasteiger partial charge in [-0.05, 0) is 44.7 Å². The van der Waals surface area contributed by atoms with Crippen molar-refractivity contribution in [1.82, 2.24) is 5.32 Å². The molecular weight excluding hydrogens is 166 g/mol. The van der Waals surface area contributed by atoms with Gasteiger partial charge in [-0.2, -0.15) is 0 Å². The quantitative estimate of drug-likeness (QED) is 0.643. The van der Waals surface area contributed by atoms with Gasteiger partial charge in [0.2, 0.25) is 0 Å². The average Bonchev–Trinajstić information content (AvgIpc) is 2.77. The predicted octanol–water partition coefficient (Wildman–Crippen LogP) is 0.795. The van der Waals surface area contributed by atoms with Gasteiger partial charge < -0.3 is 10.1 Å². The fourth-order valence-electron chi connectivity index (χ4n) is 2.48. The summed E-state index contributed by atoms with van der Waals surface area (Å²) in [7, 11) is 0. The summed E-state index contributed by atoms with van der Waals surface area (Å²) in [5.41, 5.74) is 0. The smallest absolute Gasteiger partial charge is 0.309 e. The Balaban J connectivity index is 1.87. The van der Waals surface area contributed by atoms with Crippen molar-refractivity contribution in [2.75, 3.05) is 19.7 Å². The fourth-order valence-corrected chi connectivity index (χ4v) is 2.48. The minimum atomic E-state index is 0.0411. The fraction of sp³-hybridized carbons (Fsp3) is 0.900. The predicted molar refractivity (Wildman–Crippen MR) is 49.2 cm³/mol. The molecule has 0 aromatic rings. The van der Waals surface area contributed by atoms with Crippen LogP contribution in [0.3, 0.4) is 0 Å². The van der Waals surface area contributed by atoms with Crippen molar-refractivity contribution in [1.29, 1.82) is 0 Å². The van der Waals surface area contributed by atoms with Crippen LogP contribution in [0.15, 0.2) is 0 Å². The Bertz CT molecular complexity index is 193. The minimum absolute atomic E-state index is 0.0411. The molecule has 13 heavy (non-hydrogen) atoms. The maximum absolute atomic E-state index is 11.4. The summed E-state index contributed by atoms with van der Waals surface area (Å²) in [6.07, 6.45) is 2.29. The Kier molecular flexibility index (Phi) is 2.54. The summed E-state index contributed by atoms with van der Waals surface area (Å²) in [6.45, 7) is 4.53. The number of rotatable bonds is 2. The van der Waals surface area contributed by atoms with Gasteiger partial charge in [0.25, 0.3) is 0 Å². The molecule has 0 aromatic carbocycles. The Morgan fingerprint density at radius 3 is 2.54 bits per heavy atom. The van der Waals surface area contributed by atoms with E-state index in [-0.39, 0.29) is 11.9 Å². The molecule has 0 bridgehead atoms. The molecule has 0 aromatic heterocycles. The molecule has 1 saturated carbocycles. The molecule has 2 fully saturated rings. The first-order chi connectivity index (χ1) is 6.34. The monoisotopic (exact) mass is 183 g/mol. The highest BCUT2D eigenvalue weighted by atomic mass is 16.5. The summed E-state index contributed by atoms with van der Waals surface area (Å²) in [5.74, 6) is 1.52. The third-order valence-corrected chi connectivity index (χ3v) is 3.20. The lowest BCUT2D eigenvalue weighted by atomic mass is 10.2. The normalized spacial score (nSPS) is 37.5. The van der Waals surface area contributed by atoms with Crippen molar-refractivity contribution >= 4 is 5.97 Å². The Labute approximate surface area is 78.8 Å². The first-order valence-corrected chi connectivity index (χ1v) is 5.22. The largest absolute Gasteiger partial charge is 0.466 e. The van der Waals surface area contributed by atoms with Crippen LogP contribution in [0.5, 0.6) is 0 Å². The molecule has 0 amide bonds. The second kappa shape index (κ2) is 3.66. The summed E-state index contributed by atoms with van der Waals surface area (Å²) in [5, 5.41) is 3.35. The van der Waals surface area contributed by atoms with Gasteiger partial charge in [-0.25, -0.2) is 0 Å². The molecule has 0 radical (unpaired) electrons. The molecule has 2 aliphatic rings. The van der Waals surface area contributed by atoms with E-state index >= 15 is 0 Å². The first-order valence-electron chi connectivity index (χ1n) is 5.22. The number of hydrogen-bond acceptors (Lipinski definition) is 3. The third kappa shape index (κ3) is 1.70. The number of hydrogen-bond donors (Lipinski definition) is 1. The molecule has 3 nitrogen and oxygen atoms in total. The van der Waals surface area contributed by atoms with Crippen LogP contribution in [0.2, 0.25) is 0 Å². The van der Waals surface area contributed by atoms with E-state index in [9.17, 15) is 4.79 Å². The van der Waals surface area contributed by atoms with Crippen LogP contribution in [-0.4, -0.2) is 25.7 Å². The summed E-state index contributed by atoms with van der Waals surface area (Å²) >= 11 is 0. The summed E-state index contributed by atoms with van der Waals surface area (Å²) in [6, 6.07) is 0. The first kappa shape index (κ1) is 9.00. The van der Waals surface area contributed by atoms with Crippen LogP contribution in [0, 0.1) is 17.8 Å². The lowest BCUT2D eigenvalue weighted by Gasteiger charge is -2.03. The lowest BCUT2D eigenvalue weighted by Crippen LogP contribution is -2.18. The second-order valence-corrected chi connectivity index (χ2v) is 3.93. The zero-order chi connectivity index (χ0) is 9.26. The van der Waals surface area contributed by atoms with Crippen molar-refractivity contribution in [3.05, 3.63) is 0 Å². The van der Waals surface area contributed by atoms with E-state index in [1.807, 2.05) is 6.92 Å². The standard InChI is InChI=1S/C10H17NO2/c1-2-13-10(12)9-7-3-5-11-6-4-8(7)9/h7-9,11H,2-6H2,1H3. The summed E-state index contributed by atoms with van der Waals surface area (Å²) in [4.78, 5) is 11.4. The SMILES string of the molecule is CCOC(=O)C1C2CCNCCC21. The van der Waals surface area contributed by atoms with E-state index < -0.39 is 0 Å². The lowest BCUT2D eigenvalue weighted by molar-refractivity contribution is -0.145. The van der Waals surface area contributed by atoms with Crippen molar-refractivity contribution in [2.24, 2.45) is 17.8 Å². The van der Waals surface area contributed by atoms with Gasteiger partial charge in [-0.3, -0.25) is 4.79 Å². The van der Waals surface area contributed by atoms with Crippen LogP contribution in [-0.2, 0) is 9.53 Å². The highest BCUT2D eigenvalue weighted by Crippen LogP contribution is 2.51. The minimum Gasteiger partial charge on any atom is -0.466 e. The number of esters is 1. The number of carbonyl (C=O) groups excluding carboxylic acids is 1. The maximum Gasteiger partial charge on any atom is 0.309 e. The average molecular weight is 183 g/mol. The van der Waals surface area contributed by atoms with Crippen molar-refractivity contribution < 1.29 is 9.53 Å². The Hall–Kier alpha value is -0.570. The third-order valence-electron chi connectivity index (χ3n) is 3.20. The van der Waals surface area contributed by atoms with Crippen LogP contribution in [0.4, 0.5) is 0 Å². The topological polar surface area (TPSA) is 38.3 Å². The van der Waals surface area contributed by atoms with Gasteiger partial charge in [0, 0.05) is 0 Å². The van der Waals surface area contributed by atoms with Crippen LogP contribution in [0.25, 0.3) is 0 Å². The number of carbonyl (C=O) groups is 1. The molecule has 74 valence electrons. The van der Waals surface area contributed by atoms with Gasteiger partial charge in [0.15, 0.2) is 0 Å². The zero-order valence-corrected chi connectivity index (χ0v) is 8.08. The van der Waals surface area contributed by atoms with Gasteiger partial charge in [-0.15, -0.1) is 0 Å².